The van der Waals surface area contributed by atoms with Crippen molar-refractivity contribution in [2.75, 3.05) is 30.8 Å². The van der Waals surface area contributed by atoms with E-state index in [0.717, 1.165) is 24.6 Å². The maximum atomic E-state index is 5.34. The van der Waals surface area contributed by atoms with Gasteiger partial charge < -0.3 is 15.4 Å². The van der Waals surface area contributed by atoms with Gasteiger partial charge in [-0.3, -0.25) is 0 Å². The van der Waals surface area contributed by atoms with Crippen molar-refractivity contribution in [3.8, 4) is 0 Å². The summed E-state index contributed by atoms with van der Waals surface area (Å²) in [5.41, 5.74) is 0. The van der Waals surface area contributed by atoms with Crippen molar-refractivity contribution < 1.29 is 4.74 Å². The van der Waals surface area contributed by atoms with Crippen LogP contribution in [0.3, 0.4) is 0 Å². The lowest BCUT2D eigenvalue weighted by Crippen LogP contribution is -2.10. The van der Waals surface area contributed by atoms with Gasteiger partial charge in [0.25, 0.3) is 0 Å². The van der Waals surface area contributed by atoms with Crippen LogP contribution in [0.2, 0.25) is 0 Å². The molecule has 5 nitrogen and oxygen atoms in total. The third-order valence-electron chi connectivity index (χ3n) is 2.49. The van der Waals surface area contributed by atoms with E-state index in [1.54, 1.807) is 0 Å². The summed E-state index contributed by atoms with van der Waals surface area (Å²) < 4.78 is 5.34. The second kappa shape index (κ2) is 7.87. The summed E-state index contributed by atoms with van der Waals surface area (Å²) in [6.07, 6.45) is 1.12. The lowest BCUT2D eigenvalue weighted by atomic mass is 10.1. The molecule has 18 heavy (non-hydrogen) atoms. The zero-order valence-electron chi connectivity index (χ0n) is 11.8. The van der Waals surface area contributed by atoms with E-state index < -0.39 is 0 Å². The minimum atomic E-state index is 0.449. The lowest BCUT2D eigenvalue weighted by molar-refractivity contribution is 0.128. The molecule has 0 spiro atoms. The Morgan fingerprint density at radius 3 is 2.61 bits per heavy atom. The number of rotatable bonds is 8. The van der Waals surface area contributed by atoms with Crippen LogP contribution in [0, 0.1) is 5.92 Å². The highest BCUT2D eigenvalue weighted by molar-refractivity contribution is 5.47. The van der Waals surface area contributed by atoms with Crippen LogP contribution in [0.4, 0.5) is 11.6 Å². The number of aromatic nitrogens is 2. The average Bonchev–Trinajstić information content (AvgIpc) is 2.35. The summed E-state index contributed by atoms with van der Waals surface area (Å²) in [6.45, 7) is 8.42. The molecule has 5 heteroatoms. The van der Waals surface area contributed by atoms with Crippen molar-refractivity contribution in [3.05, 3.63) is 11.9 Å². The van der Waals surface area contributed by atoms with Crippen LogP contribution in [-0.2, 0) is 11.3 Å². The second-order valence-corrected chi connectivity index (χ2v) is 4.55. The first kappa shape index (κ1) is 14.7. The lowest BCUT2D eigenvalue weighted by Gasteiger charge is -2.10. The molecule has 0 saturated heterocycles. The molecule has 0 unspecified atom stereocenters. The van der Waals surface area contributed by atoms with Gasteiger partial charge in [-0.05, 0) is 19.3 Å². The van der Waals surface area contributed by atoms with Gasteiger partial charge >= 0.3 is 0 Å². The third kappa shape index (κ3) is 5.31. The van der Waals surface area contributed by atoms with Crippen molar-refractivity contribution >= 4 is 11.6 Å². The first-order valence-corrected chi connectivity index (χ1v) is 6.53. The summed E-state index contributed by atoms with van der Waals surface area (Å²) in [6, 6.07) is 1.91. The highest BCUT2D eigenvalue weighted by atomic mass is 16.5. The van der Waals surface area contributed by atoms with Crippen LogP contribution < -0.4 is 10.6 Å². The maximum Gasteiger partial charge on any atom is 0.158 e. The summed E-state index contributed by atoms with van der Waals surface area (Å²) >= 11 is 0. The van der Waals surface area contributed by atoms with E-state index in [1.807, 2.05) is 20.0 Å². The molecule has 1 aromatic heterocycles. The van der Waals surface area contributed by atoms with E-state index in [9.17, 15) is 0 Å². The van der Waals surface area contributed by atoms with Crippen molar-refractivity contribution in [3.63, 3.8) is 0 Å². The van der Waals surface area contributed by atoms with Gasteiger partial charge in [0.1, 0.15) is 18.2 Å². The molecule has 0 saturated carbocycles. The highest BCUT2D eigenvalue weighted by Crippen LogP contribution is 2.12. The minimum absolute atomic E-state index is 0.449. The second-order valence-electron chi connectivity index (χ2n) is 4.55. The fourth-order valence-electron chi connectivity index (χ4n) is 1.46. The maximum absolute atomic E-state index is 5.34. The smallest absolute Gasteiger partial charge is 0.158 e. The van der Waals surface area contributed by atoms with Crippen LogP contribution in [-0.4, -0.2) is 30.2 Å². The van der Waals surface area contributed by atoms with Gasteiger partial charge in [-0.25, -0.2) is 9.97 Å². The molecule has 0 fully saturated rings. The van der Waals surface area contributed by atoms with Crippen LogP contribution >= 0.6 is 0 Å². The van der Waals surface area contributed by atoms with Gasteiger partial charge in [-0.15, -0.1) is 0 Å². The predicted molar refractivity (Wildman–Crippen MR) is 74.9 cm³/mol. The standard InChI is InChI=1S/C13H24N4O/c1-5-18-9-13-16-11(14-4)8-12(17-13)15-7-6-10(2)3/h8,10H,5-7,9H2,1-4H3,(H2,14,15,16,17). The Hall–Kier alpha value is -1.36. The Morgan fingerprint density at radius 1 is 1.28 bits per heavy atom. The molecular formula is C13H24N4O. The normalized spacial score (nSPS) is 10.7. The molecule has 0 atom stereocenters. The van der Waals surface area contributed by atoms with Crippen LogP contribution in [0.5, 0.6) is 0 Å². The van der Waals surface area contributed by atoms with E-state index in [2.05, 4.69) is 34.4 Å². The average molecular weight is 252 g/mol. The molecular weight excluding hydrogens is 228 g/mol. The van der Waals surface area contributed by atoms with Crippen molar-refractivity contribution in [2.45, 2.75) is 33.8 Å². The van der Waals surface area contributed by atoms with Crippen molar-refractivity contribution in [1.29, 1.82) is 0 Å². The van der Waals surface area contributed by atoms with E-state index in [0.29, 0.717) is 25.0 Å². The van der Waals surface area contributed by atoms with E-state index >= 15 is 0 Å². The Morgan fingerprint density at radius 2 is 2.00 bits per heavy atom. The molecule has 0 radical (unpaired) electrons. The van der Waals surface area contributed by atoms with E-state index in [1.165, 1.54) is 0 Å². The van der Waals surface area contributed by atoms with Gasteiger partial charge in [-0.1, -0.05) is 13.8 Å². The topological polar surface area (TPSA) is 59.1 Å². The fraction of sp³-hybridized carbons (Fsp3) is 0.692. The number of nitrogens with zero attached hydrogens (tertiary/aromatic N) is 2. The summed E-state index contributed by atoms with van der Waals surface area (Å²) in [5.74, 6) is 3.05. The third-order valence-corrected chi connectivity index (χ3v) is 2.49. The molecule has 0 bridgehead atoms. The number of nitrogens with one attached hydrogen (secondary N) is 2. The van der Waals surface area contributed by atoms with E-state index in [-0.39, 0.29) is 0 Å². The largest absolute Gasteiger partial charge is 0.374 e. The molecule has 0 amide bonds. The van der Waals surface area contributed by atoms with Crippen LogP contribution in [0.25, 0.3) is 0 Å². The Bertz CT molecular complexity index is 355. The quantitative estimate of drug-likeness (QED) is 0.744. The Labute approximate surface area is 109 Å². The monoisotopic (exact) mass is 252 g/mol. The van der Waals surface area contributed by atoms with E-state index in [4.69, 9.17) is 4.74 Å². The molecule has 0 aromatic carbocycles. The number of hydrogen-bond donors (Lipinski definition) is 2. The number of hydrogen-bond acceptors (Lipinski definition) is 5. The first-order chi connectivity index (χ1) is 8.65. The predicted octanol–water partition coefficient (Wildman–Crippen LogP) is 2.51. The van der Waals surface area contributed by atoms with Gasteiger partial charge in [0.15, 0.2) is 5.82 Å². The van der Waals surface area contributed by atoms with Crippen LogP contribution in [0.15, 0.2) is 6.07 Å². The summed E-state index contributed by atoms with van der Waals surface area (Å²) in [7, 11) is 1.85. The highest BCUT2D eigenvalue weighted by Gasteiger charge is 2.04. The summed E-state index contributed by atoms with van der Waals surface area (Å²) in [5, 5.41) is 6.36. The van der Waals surface area contributed by atoms with Crippen LogP contribution in [0.1, 0.15) is 33.0 Å². The SMILES string of the molecule is CCOCc1nc(NC)cc(NCCC(C)C)n1. The van der Waals surface area contributed by atoms with Gasteiger partial charge in [-0.2, -0.15) is 0 Å². The first-order valence-electron chi connectivity index (χ1n) is 6.53. The summed E-state index contributed by atoms with van der Waals surface area (Å²) in [4.78, 5) is 8.77. The molecule has 0 aliphatic rings. The number of anilines is 2. The van der Waals surface area contributed by atoms with Gasteiger partial charge in [0, 0.05) is 26.3 Å². The van der Waals surface area contributed by atoms with Gasteiger partial charge in [0.05, 0.1) is 0 Å². The fourth-order valence-corrected chi connectivity index (χ4v) is 1.46. The Kier molecular flexibility index (Phi) is 6.43. The van der Waals surface area contributed by atoms with Crippen molar-refractivity contribution in [2.24, 2.45) is 5.92 Å². The van der Waals surface area contributed by atoms with Crippen molar-refractivity contribution in [1.82, 2.24) is 9.97 Å². The minimum Gasteiger partial charge on any atom is -0.374 e. The molecule has 0 aliphatic heterocycles. The molecule has 0 aliphatic carbocycles. The molecule has 102 valence electrons. The Balaban J connectivity index is 2.64. The molecule has 1 rings (SSSR count). The zero-order valence-corrected chi connectivity index (χ0v) is 11.8. The van der Waals surface area contributed by atoms with Gasteiger partial charge in [0.2, 0.25) is 0 Å². The molecule has 2 N–H and O–H groups in total. The zero-order chi connectivity index (χ0) is 13.4. The molecule has 1 heterocycles. The molecule has 1 aromatic rings. The number of ether oxygens (including phenoxy) is 1.